The van der Waals surface area contributed by atoms with Crippen LogP contribution in [0, 0.1) is 5.82 Å². The summed E-state index contributed by atoms with van der Waals surface area (Å²) < 4.78 is 25.9. The van der Waals surface area contributed by atoms with Gasteiger partial charge in [0.1, 0.15) is 18.0 Å². The maximum absolute atomic E-state index is 15.0. The number of benzene rings is 2. The van der Waals surface area contributed by atoms with Crippen molar-refractivity contribution >= 4 is 12.1 Å². The summed E-state index contributed by atoms with van der Waals surface area (Å²) >= 11 is 0. The van der Waals surface area contributed by atoms with Crippen LogP contribution in [0.25, 0.3) is 0 Å². The minimum absolute atomic E-state index is 0.00456. The van der Waals surface area contributed by atoms with E-state index in [1.165, 1.54) is 6.07 Å². The Labute approximate surface area is 207 Å². The minimum atomic E-state index is -0.681. The van der Waals surface area contributed by atoms with Crippen molar-refractivity contribution in [3.8, 4) is 0 Å². The molecule has 35 heavy (non-hydrogen) atoms. The molecule has 1 atom stereocenters. The molecule has 1 unspecified atom stereocenters. The van der Waals surface area contributed by atoms with Gasteiger partial charge in [0.25, 0.3) is 0 Å². The van der Waals surface area contributed by atoms with Gasteiger partial charge >= 0.3 is 12.1 Å². The third kappa shape index (κ3) is 6.60. The smallest absolute Gasteiger partial charge is 0.410 e. The Morgan fingerprint density at radius 1 is 1.09 bits per heavy atom. The van der Waals surface area contributed by atoms with Gasteiger partial charge in [-0.3, -0.25) is 4.90 Å². The molecule has 0 spiro atoms. The predicted molar refractivity (Wildman–Crippen MR) is 132 cm³/mol. The molecule has 2 aromatic rings. The quantitative estimate of drug-likeness (QED) is 0.509. The first-order chi connectivity index (χ1) is 16.6. The molecule has 0 aromatic heterocycles. The van der Waals surface area contributed by atoms with Crippen molar-refractivity contribution in [3.63, 3.8) is 0 Å². The minimum Gasteiger partial charge on any atom is -0.456 e. The van der Waals surface area contributed by atoms with E-state index in [1.54, 1.807) is 31.7 Å². The van der Waals surface area contributed by atoms with Gasteiger partial charge in [0.05, 0.1) is 5.56 Å². The number of halogens is 1. The molecule has 4 rings (SSSR count). The lowest BCUT2D eigenvalue weighted by molar-refractivity contribution is 0.00644. The molecule has 2 aromatic carbocycles. The van der Waals surface area contributed by atoms with Gasteiger partial charge in [-0.1, -0.05) is 30.3 Å². The summed E-state index contributed by atoms with van der Waals surface area (Å²) in [5, 5.41) is 0. The Morgan fingerprint density at radius 2 is 1.80 bits per heavy atom. The summed E-state index contributed by atoms with van der Waals surface area (Å²) in [7, 11) is 0. The first-order valence-electron chi connectivity index (χ1n) is 12.4. The molecular formula is C28H35FN2O4. The van der Waals surface area contributed by atoms with E-state index in [0.717, 1.165) is 29.5 Å². The Morgan fingerprint density at radius 3 is 2.43 bits per heavy atom. The van der Waals surface area contributed by atoms with Crippen LogP contribution in [0.5, 0.6) is 0 Å². The number of amides is 1. The highest BCUT2D eigenvalue weighted by atomic mass is 19.1. The zero-order valence-corrected chi connectivity index (χ0v) is 21.1. The van der Waals surface area contributed by atoms with Crippen molar-refractivity contribution in [1.82, 2.24) is 9.80 Å². The van der Waals surface area contributed by atoms with Gasteiger partial charge in [-0.05, 0) is 75.3 Å². The molecule has 6 nitrogen and oxygen atoms in total. The van der Waals surface area contributed by atoms with E-state index in [-0.39, 0.29) is 24.3 Å². The number of rotatable bonds is 6. The second-order valence-electron chi connectivity index (χ2n) is 10.6. The van der Waals surface area contributed by atoms with Crippen LogP contribution < -0.4 is 0 Å². The number of esters is 1. The van der Waals surface area contributed by atoms with Crippen molar-refractivity contribution in [2.75, 3.05) is 19.6 Å². The molecule has 1 aliphatic heterocycles. The average Bonchev–Trinajstić information content (AvgIpc) is 3.62. The first-order valence-corrected chi connectivity index (χ1v) is 12.4. The maximum atomic E-state index is 15.0. The van der Waals surface area contributed by atoms with Gasteiger partial charge in [0.2, 0.25) is 0 Å². The Balaban J connectivity index is 1.39. The van der Waals surface area contributed by atoms with E-state index < -0.39 is 17.4 Å². The number of carbonyl (C=O) groups is 2. The van der Waals surface area contributed by atoms with Crippen LogP contribution in [0.1, 0.15) is 73.5 Å². The van der Waals surface area contributed by atoms with Crippen LogP contribution in [0.4, 0.5) is 9.18 Å². The highest BCUT2D eigenvalue weighted by Gasteiger charge is 2.32. The monoisotopic (exact) mass is 482 g/mol. The molecular weight excluding hydrogens is 447 g/mol. The molecule has 1 saturated heterocycles. The van der Waals surface area contributed by atoms with Gasteiger partial charge in [0.15, 0.2) is 0 Å². The molecule has 7 heteroatoms. The summed E-state index contributed by atoms with van der Waals surface area (Å²) in [6, 6.07) is 12.8. The van der Waals surface area contributed by atoms with Gasteiger partial charge < -0.3 is 14.4 Å². The lowest BCUT2D eigenvalue weighted by atomic mass is 9.98. The highest BCUT2D eigenvalue weighted by molar-refractivity contribution is 5.90. The predicted octanol–water partition coefficient (Wildman–Crippen LogP) is 5.50. The molecule has 1 saturated carbocycles. The van der Waals surface area contributed by atoms with Crippen molar-refractivity contribution in [1.29, 1.82) is 0 Å². The number of ether oxygens (including phenoxy) is 2. The Bertz CT molecular complexity index is 1060. The van der Waals surface area contributed by atoms with Crippen molar-refractivity contribution in [2.24, 2.45) is 0 Å². The van der Waals surface area contributed by atoms with Gasteiger partial charge in [-0.2, -0.15) is 0 Å². The fraction of sp³-hybridized carbons (Fsp3) is 0.500. The van der Waals surface area contributed by atoms with Crippen LogP contribution in [0.3, 0.4) is 0 Å². The van der Waals surface area contributed by atoms with Gasteiger partial charge in [0, 0.05) is 32.2 Å². The molecule has 2 fully saturated rings. The summed E-state index contributed by atoms with van der Waals surface area (Å²) in [6.07, 6.45) is 1.78. The molecule has 2 aliphatic rings. The van der Waals surface area contributed by atoms with E-state index in [9.17, 15) is 14.0 Å². The normalized spacial score (nSPS) is 18.9. The average molecular weight is 483 g/mol. The fourth-order valence-electron chi connectivity index (χ4n) is 4.52. The van der Waals surface area contributed by atoms with Crippen molar-refractivity contribution < 1.29 is 23.5 Å². The highest BCUT2D eigenvalue weighted by Crippen LogP contribution is 2.43. The zero-order valence-electron chi connectivity index (χ0n) is 21.1. The molecule has 0 bridgehead atoms. The van der Waals surface area contributed by atoms with Crippen LogP contribution in [0.2, 0.25) is 0 Å². The maximum Gasteiger partial charge on any atom is 0.410 e. The molecule has 1 heterocycles. The van der Waals surface area contributed by atoms with E-state index in [0.29, 0.717) is 32.1 Å². The van der Waals surface area contributed by atoms with E-state index in [2.05, 4.69) is 4.90 Å². The lowest BCUT2D eigenvalue weighted by Gasteiger charge is -2.39. The number of piperazine rings is 1. The Hall–Kier alpha value is -2.93. The van der Waals surface area contributed by atoms with Crippen molar-refractivity contribution in [2.45, 2.75) is 71.2 Å². The number of hydrogen-bond donors (Lipinski definition) is 0. The van der Waals surface area contributed by atoms with Gasteiger partial charge in [-0.15, -0.1) is 0 Å². The van der Waals surface area contributed by atoms with Crippen molar-refractivity contribution in [3.05, 3.63) is 70.5 Å². The SMILES string of the molecule is CC1CN(Cc2cc(F)c(C(=O)OC(C)(C)C)cc2C2CC2)CCN1C(=O)OCc1ccccc1. The second-order valence-corrected chi connectivity index (χ2v) is 10.6. The molecule has 1 aliphatic carbocycles. The van der Waals surface area contributed by atoms with Crippen LogP contribution in [-0.2, 0) is 22.6 Å². The number of nitrogens with zero attached hydrogens (tertiary/aromatic N) is 2. The van der Waals surface area contributed by atoms with E-state index in [1.807, 2.05) is 37.3 Å². The number of carbonyl (C=O) groups excluding carboxylic acids is 2. The van der Waals surface area contributed by atoms with Crippen LogP contribution in [0.15, 0.2) is 42.5 Å². The fourth-order valence-corrected chi connectivity index (χ4v) is 4.52. The summed E-state index contributed by atoms with van der Waals surface area (Å²) in [5.74, 6) is -0.812. The largest absolute Gasteiger partial charge is 0.456 e. The summed E-state index contributed by atoms with van der Waals surface area (Å²) in [4.78, 5) is 29.2. The third-order valence-corrected chi connectivity index (χ3v) is 6.41. The summed E-state index contributed by atoms with van der Waals surface area (Å²) in [5.41, 5.74) is 2.22. The first kappa shape index (κ1) is 25.2. The van der Waals surface area contributed by atoms with Crippen LogP contribution >= 0.6 is 0 Å². The molecule has 0 N–H and O–H groups in total. The van der Waals surface area contributed by atoms with E-state index in [4.69, 9.17) is 9.47 Å². The van der Waals surface area contributed by atoms with E-state index >= 15 is 0 Å². The molecule has 188 valence electrons. The second kappa shape index (κ2) is 10.4. The van der Waals surface area contributed by atoms with Gasteiger partial charge in [-0.25, -0.2) is 14.0 Å². The molecule has 1 amide bonds. The Kier molecular flexibility index (Phi) is 7.45. The zero-order chi connectivity index (χ0) is 25.2. The number of hydrogen-bond acceptors (Lipinski definition) is 5. The standard InChI is InChI=1S/C28H35FN2O4/c1-19-16-30(12-13-31(19)27(33)34-18-20-8-6-5-7-9-20)17-22-14-25(29)24(15-23(22)21-10-11-21)26(32)35-28(2,3)4/h5-9,14-15,19,21H,10-13,16-18H2,1-4H3. The van der Waals surface area contributed by atoms with Crippen LogP contribution in [-0.4, -0.2) is 53.1 Å². The summed E-state index contributed by atoms with van der Waals surface area (Å²) in [6.45, 7) is 10.0. The molecule has 0 radical (unpaired) electrons. The topological polar surface area (TPSA) is 59.1 Å². The third-order valence-electron chi connectivity index (χ3n) is 6.41. The lowest BCUT2D eigenvalue weighted by Crippen LogP contribution is -2.53.